The van der Waals surface area contributed by atoms with Gasteiger partial charge in [0.25, 0.3) is 0 Å². The van der Waals surface area contributed by atoms with Gasteiger partial charge in [0.1, 0.15) is 10.8 Å². The van der Waals surface area contributed by atoms with Crippen molar-refractivity contribution in [2.75, 3.05) is 12.8 Å². The molecule has 3 N–H and O–H groups in total. The first kappa shape index (κ1) is 9.00. The molecule has 1 aromatic rings. The van der Waals surface area contributed by atoms with E-state index in [-0.39, 0.29) is 16.5 Å². The maximum atomic E-state index is 9.31. The Hall–Kier alpha value is -1.09. The minimum atomic E-state index is -0.126. The highest BCUT2D eigenvalue weighted by atomic mass is 35.5. The number of hydrogen-bond acceptors (Lipinski definition) is 3. The van der Waals surface area contributed by atoms with Crippen LogP contribution >= 0.6 is 11.6 Å². The summed E-state index contributed by atoms with van der Waals surface area (Å²) in [6.07, 6.45) is 0. The molecule has 1 aromatic carbocycles. The van der Waals surface area contributed by atoms with Gasteiger partial charge in [-0.05, 0) is 18.6 Å². The Labute approximate surface area is 75.7 Å². The van der Waals surface area contributed by atoms with Gasteiger partial charge in [-0.3, -0.25) is 0 Å². The lowest BCUT2D eigenvalue weighted by molar-refractivity contribution is 0.405. The zero-order valence-electron chi connectivity index (χ0n) is 6.89. The second-order valence-electron chi connectivity index (χ2n) is 2.48. The summed E-state index contributed by atoms with van der Waals surface area (Å²) in [5, 5.41) is 9.47. The van der Waals surface area contributed by atoms with Crippen molar-refractivity contribution in [1.82, 2.24) is 0 Å². The normalized spacial score (nSPS) is 9.92. The van der Waals surface area contributed by atoms with E-state index in [4.69, 9.17) is 22.1 Å². The fourth-order valence-electron chi connectivity index (χ4n) is 1.03. The van der Waals surface area contributed by atoms with Crippen LogP contribution < -0.4 is 10.5 Å². The highest BCUT2D eigenvalue weighted by Crippen LogP contribution is 2.39. The molecule has 0 fully saturated rings. The van der Waals surface area contributed by atoms with Crippen LogP contribution in [0.25, 0.3) is 0 Å². The van der Waals surface area contributed by atoms with Crippen LogP contribution in [0, 0.1) is 6.92 Å². The fraction of sp³-hybridized carbons (Fsp3) is 0.250. The van der Waals surface area contributed by atoms with E-state index in [1.54, 1.807) is 13.0 Å². The van der Waals surface area contributed by atoms with Crippen LogP contribution in [0.2, 0.25) is 5.02 Å². The summed E-state index contributed by atoms with van der Waals surface area (Å²) in [6, 6.07) is 1.61. The van der Waals surface area contributed by atoms with Crippen LogP contribution in [-0.2, 0) is 0 Å². The second kappa shape index (κ2) is 3.11. The van der Waals surface area contributed by atoms with Gasteiger partial charge < -0.3 is 15.6 Å². The lowest BCUT2D eigenvalue weighted by atomic mass is 10.2. The van der Waals surface area contributed by atoms with E-state index in [0.29, 0.717) is 5.75 Å². The standard InChI is InChI=1S/C8H10ClNO2/c1-4-3-5(10)7(11)6(9)8(4)12-2/h3,11H,10H2,1-2H3. The molecule has 1 rings (SSSR count). The predicted molar refractivity (Wildman–Crippen MR) is 48.8 cm³/mol. The predicted octanol–water partition coefficient (Wildman–Crippen LogP) is 1.94. The van der Waals surface area contributed by atoms with Crippen molar-refractivity contribution in [3.63, 3.8) is 0 Å². The number of phenolic OH excluding ortho intramolecular Hbond substituents is 1. The number of anilines is 1. The van der Waals surface area contributed by atoms with E-state index in [1.165, 1.54) is 7.11 Å². The van der Waals surface area contributed by atoms with Crippen molar-refractivity contribution >= 4 is 17.3 Å². The summed E-state index contributed by atoms with van der Waals surface area (Å²) in [4.78, 5) is 0. The lowest BCUT2D eigenvalue weighted by Gasteiger charge is -2.09. The highest BCUT2D eigenvalue weighted by Gasteiger charge is 2.12. The quantitative estimate of drug-likeness (QED) is 0.522. The van der Waals surface area contributed by atoms with Crippen LogP contribution in [0.4, 0.5) is 5.69 Å². The molecule has 12 heavy (non-hydrogen) atoms. The molecule has 0 heterocycles. The zero-order chi connectivity index (χ0) is 9.30. The summed E-state index contributed by atoms with van der Waals surface area (Å²) < 4.78 is 4.96. The van der Waals surface area contributed by atoms with E-state index in [0.717, 1.165) is 5.56 Å². The van der Waals surface area contributed by atoms with E-state index in [2.05, 4.69) is 0 Å². The molecule has 0 aliphatic heterocycles. The molecule has 0 amide bonds. The molecular formula is C8H10ClNO2. The van der Waals surface area contributed by atoms with Crippen molar-refractivity contribution in [1.29, 1.82) is 0 Å². The third kappa shape index (κ3) is 1.28. The molecule has 4 heteroatoms. The summed E-state index contributed by atoms with van der Waals surface area (Å²) >= 11 is 5.75. The lowest BCUT2D eigenvalue weighted by Crippen LogP contribution is -1.93. The maximum absolute atomic E-state index is 9.31. The second-order valence-corrected chi connectivity index (χ2v) is 2.86. The van der Waals surface area contributed by atoms with Crippen molar-refractivity contribution in [2.24, 2.45) is 0 Å². The van der Waals surface area contributed by atoms with E-state index in [1.807, 2.05) is 0 Å². The summed E-state index contributed by atoms with van der Waals surface area (Å²) in [5.41, 5.74) is 6.52. The molecule has 0 saturated heterocycles. The van der Waals surface area contributed by atoms with Crippen molar-refractivity contribution in [3.8, 4) is 11.5 Å². The van der Waals surface area contributed by atoms with Crippen molar-refractivity contribution < 1.29 is 9.84 Å². The molecule has 0 saturated carbocycles. The SMILES string of the molecule is COc1c(C)cc(N)c(O)c1Cl. The average molecular weight is 188 g/mol. The van der Waals surface area contributed by atoms with Crippen LogP contribution in [-0.4, -0.2) is 12.2 Å². The third-order valence-corrected chi connectivity index (χ3v) is 1.97. The molecular weight excluding hydrogens is 178 g/mol. The molecule has 0 atom stereocenters. The van der Waals surface area contributed by atoms with E-state index in [9.17, 15) is 5.11 Å². The molecule has 0 aromatic heterocycles. The minimum Gasteiger partial charge on any atom is -0.504 e. The van der Waals surface area contributed by atoms with E-state index >= 15 is 0 Å². The van der Waals surface area contributed by atoms with Gasteiger partial charge in [0, 0.05) is 0 Å². The Balaban J connectivity index is 3.40. The average Bonchev–Trinajstić information content (AvgIpc) is 2.01. The Bertz CT molecular complexity index is 312. The number of ether oxygens (including phenoxy) is 1. The molecule has 0 unspecified atom stereocenters. The summed E-state index contributed by atoms with van der Waals surface area (Å²) in [7, 11) is 1.49. The largest absolute Gasteiger partial charge is 0.504 e. The number of methoxy groups -OCH3 is 1. The van der Waals surface area contributed by atoms with Gasteiger partial charge in [0.05, 0.1) is 12.8 Å². The monoisotopic (exact) mass is 187 g/mol. The van der Waals surface area contributed by atoms with Crippen LogP contribution in [0.1, 0.15) is 5.56 Å². The number of rotatable bonds is 1. The number of aryl methyl sites for hydroxylation is 1. The van der Waals surface area contributed by atoms with Crippen molar-refractivity contribution in [2.45, 2.75) is 6.92 Å². The van der Waals surface area contributed by atoms with Gasteiger partial charge in [0.15, 0.2) is 5.75 Å². The molecule has 66 valence electrons. The van der Waals surface area contributed by atoms with Crippen LogP contribution in [0.5, 0.6) is 11.5 Å². The number of benzene rings is 1. The Morgan fingerprint density at radius 1 is 1.58 bits per heavy atom. The highest BCUT2D eigenvalue weighted by molar-refractivity contribution is 6.34. The van der Waals surface area contributed by atoms with Crippen molar-refractivity contribution in [3.05, 3.63) is 16.7 Å². The molecule has 0 spiro atoms. The van der Waals surface area contributed by atoms with Gasteiger partial charge in [-0.15, -0.1) is 0 Å². The molecule has 0 bridgehead atoms. The Kier molecular flexibility index (Phi) is 2.33. The molecule has 0 aliphatic carbocycles. The number of nitrogens with two attached hydrogens (primary N) is 1. The zero-order valence-corrected chi connectivity index (χ0v) is 7.64. The Morgan fingerprint density at radius 3 is 2.67 bits per heavy atom. The van der Waals surface area contributed by atoms with Gasteiger partial charge in [-0.2, -0.15) is 0 Å². The topological polar surface area (TPSA) is 55.5 Å². The fourth-order valence-corrected chi connectivity index (χ4v) is 1.36. The third-order valence-electron chi connectivity index (χ3n) is 1.61. The number of aromatic hydroxyl groups is 1. The molecule has 0 aliphatic rings. The first-order chi connectivity index (χ1) is 5.57. The number of phenols is 1. The number of hydrogen-bond donors (Lipinski definition) is 2. The number of nitrogen functional groups attached to an aromatic ring is 1. The smallest absolute Gasteiger partial charge is 0.161 e. The first-order valence-electron chi connectivity index (χ1n) is 3.39. The van der Waals surface area contributed by atoms with Gasteiger partial charge in [-0.1, -0.05) is 11.6 Å². The number of halogens is 1. The minimum absolute atomic E-state index is 0.126. The van der Waals surface area contributed by atoms with Gasteiger partial charge in [0.2, 0.25) is 0 Å². The first-order valence-corrected chi connectivity index (χ1v) is 3.77. The van der Waals surface area contributed by atoms with Crippen LogP contribution in [0.15, 0.2) is 6.07 Å². The van der Waals surface area contributed by atoms with Gasteiger partial charge >= 0.3 is 0 Å². The molecule has 0 radical (unpaired) electrons. The van der Waals surface area contributed by atoms with E-state index < -0.39 is 0 Å². The van der Waals surface area contributed by atoms with Crippen LogP contribution in [0.3, 0.4) is 0 Å². The molecule has 3 nitrogen and oxygen atoms in total. The van der Waals surface area contributed by atoms with Gasteiger partial charge in [-0.25, -0.2) is 0 Å². The summed E-state index contributed by atoms with van der Waals surface area (Å²) in [5.74, 6) is 0.336. The summed E-state index contributed by atoms with van der Waals surface area (Å²) in [6.45, 7) is 1.81. The Morgan fingerprint density at radius 2 is 2.17 bits per heavy atom. The maximum Gasteiger partial charge on any atom is 0.161 e.